The van der Waals surface area contributed by atoms with Crippen molar-refractivity contribution in [3.63, 3.8) is 0 Å². The SMILES string of the molecule is C#COc1ccc(CCCCCCCCC)cc1. The Hall–Kier alpha value is -1.42. The van der Waals surface area contributed by atoms with E-state index in [9.17, 15) is 0 Å². The van der Waals surface area contributed by atoms with Crippen molar-refractivity contribution in [1.29, 1.82) is 0 Å². The molecule has 0 amide bonds. The molecular weight excluding hydrogens is 220 g/mol. The van der Waals surface area contributed by atoms with Crippen LogP contribution in [0.15, 0.2) is 24.3 Å². The molecule has 0 aliphatic rings. The van der Waals surface area contributed by atoms with Crippen molar-refractivity contribution in [1.82, 2.24) is 0 Å². The fraction of sp³-hybridized carbons (Fsp3) is 0.529. The lowest BCUT2D eigenvalue weighted by Crippen LogP contribution is -1.87. The zero-order valence-corrected chi connectivity index (χ0v) is 11.5. The Labute approximate surface area is 112 Å². The highest BCUT2D eigenvalue weighted by molar-refractivity contribution is 5.28. The molecule has 0 radical (unpaired) electrons. The van der Waals surface area contributed by atoms with E-state index >= 15 is 0 Å². The highest BCUT2D eigenvalue weighted by atomic mass is 16.5. The summed E-state index contributed by atoms with van der Waals surface area (Å²) in [5.41, 5.74) is 1.37. The van der Waals surface area contributed by atoms with Crippen LogP contribution >= 0.6 is 0 Å². The summed E-state index contributed by atoms with van der Waals surface area (Å²) in [4.78, 5) is 0. The van der Waals surface area contributed by atoms with Gasteiger partial charge in [0.1, 0.15) is 11.9 Å². The summed E-state index contributed by atoms with van der Waals surface area (Å²) in [6.45, 7) is 2.26. The molecule has 0 fully saturated rings. The van der Waals surface area contributed by atoms with E-state index in [1.165, 1.54) is 50.5 Å². The first-order valence-corrected chi connectivity index (χ1v) is 7.08. The van der Waals surface area contributed by atoms with E-state index in [1.54, 1.807) is 0 Å². The van der Waals surface area contributed by atoms with Crippen LogP contribution in [0.25, 0.3) is 0 Å². The fourth-order valence-corrected chi connectivity index (χ4v) is 2.08. The number of unbranched alkanes of at least 4 members (excludes halogenated alkanes) is 6. The molecule has 0 aromatic heterocycles. The van der Waals surface area contributed by atoms with Crippen molar-refractivity contribution in [2.45, 2.75) is 58.3 Å². The lowest BCUT2D eigenvalue weighted by molar-refractivity contribution is 0.520. The van der Waals surface area contributed by atoms with Gasteiger partial charge < -0.3 is 4.74 Å². The minimum Gasteiger partial charge on any atom is -0.408 e. The van der Waals surface area contributed by atoms with E-state index in [0.717, 1.165) is 12.2 Å². The number of rotatable bonds is 9. The maximum absolute atomic E-state index is 5.07. The molecular formula is C17H24O. The Balaban J connectivity index is 2.10. The van der Waals surface area contributed by atoms with Crippen LogP contribution in [0, 0.1) is 12.5 Å². The first kappa shape index (κ1) is 14.6. The number of terminal acetylenes is 1. The minimum absolute atomic E-state index is 0.751. The van der Waals surface area contributed by atoms with Gasteiger partial charge in [-0.3, -0.25) is 0 Å². The molecule has 0 unspecified atom stereocenters. The summed E-state index contributed by atoms with van der Waals surface area (Å²) in [5, 5.41) is 0. The van der Waals surface area contributed by atoms with Crippen LogP contribution in [0.1, 0.15) is 57.4 Å². The molecule has 0 N–H and O–H groups in total. The van der Waals surface area contributed by atoms with E-state index in [-0.39, 0.29) is 0 Å². The van der Waals surface area contributed by atoms with E-state index in [2.05, 4.69) is 25.2 Å². The maximum atomic E-state index is 5.07. The van der Waals surface area contributed by atoms with Gasteiger partial charge in [0.15, 0.2) is 0 Å². The third-order valence-corrected chi connectivity index (χ3v) is 3.17. The smallest absolute Gasteiger partial charge is 0.140 e. The predicted molar refractivity (Wildman–Crippen MR) is 77.6 cm³/mol. The van der Waals surface area contributed by atoms with Gasteiger partial charge >= 0.3 is 0 Å². The Kier molecular flexibility index (Phi) is 7.80. The molecule has 1 aromatic rings. The summed E-state index contributed by atoms with van der Waals surface area (Å²) in [5.74, 6) is 0.751. The molecule has 98 valence electrons. The Bertz CT molecular complexity index is 345. The van der Waals surface area contributed by atoms with Crippen molar-refractivity contribution in [2.75, 3.05) is 0 Å². The van der Waals surface area contributed by atoms with Gasteiger partial charge in [-0.25, -0.2) is 0 Å². The molecule has 0 bridgehead atoms. The van der Waals surface area contributed by atoms with Crippen LogP contribution in [0.5, 0.6) is 5.75 Å². The van der Waals surface area contributed by atoms with Crippen LogP contribution < -0.4 is 4.74 Å². The molecule has 18 heavy (non-hydrogen) atoms. The van der Waals surface area contributed by atoms with Gasteiger partial charge in [-0.15, -0.1) is 0 Å². The number of aryl methyl sites for hydroxylation is 1. The Morgan fingerprint density at radius 3 is 2.17 bits per heavy atom. The standard InChI is InChI=1S/C17H24O/c1-3-5-6-7-8-9-10-11-16-12-14-17(15-13-16)18-4-2/h2,12-15H,3,5-11H2,1H3. The minimum atomic E-state index is 0.751. The summed E-state index contributed by atoms with van der Waals surface area (Å²) in [7, 11) is 0. The zero-order chi connectivity index (χ0) is 13.1. The first-order valence-electron chi connectivity index (χ1n) is 7.08. The van der Waals surface area contributed by atoms with Crippen molar-refractivity contribution in [2.24, 2.45) is 0 Å². The molecule has 0 heterocycles. The zero-order valence-electron chi connectivity index (χ0n) is 11.5. The van der Waals surface area contributed by atoms with E-state index in [0.29, 0.717) is 0 Å². The topological polar surface area (TPSA) is 9.23 Å². The molecule has 1 nitrogen and oxygen atoms in total. The molecule has 0 aliphatic carbocycles. The number of hydrogen-bond donors (Lipinski definition) is 0. The van der Waals surface area contributed by atoms with Gasteiger partial charge in [-0.2, -0.15) is 0 Å². The summed E-state index contributed by atoms with van der Waals surface area (Å²) in [6, 6.07) is 8.08. The highest BCUT2D eigenvalue weighted by Gasteiger charge is 1.96. The van der Waals surface area contributed by atoms with Gasteiger partial charge in [0.2, 0.25) is 0 Å². The molecule has 0 atom stereocenters. The molecule has 0 saturated heterocycles. The average Bonchev–Trinajstić information content (AvgIpc) is 2.40. The molecule has 0 saturated carbocycles. The van der Waals surface area contributed by atoms with Crippen LogP contribution in [0.2, 0.25) is 0 Å². The van der Waals surface area contributed by atoms with Gasteiger partial charge in [0.05, 0.1) is 0 Å². The quantitative estimate of drug-likeness (QED) is 0.441. The summed E-state index contributed by atoms with van der Waals surface area (Å²) in [6.07, 6.45) is 17.9. The second-order valence-electron chi connectivity index (χ2n) is 4.74. The second-order valence-corrected chi connectivity index (χ2v) is 4.74. The highest BCUT2D eigenvalue weighted by Crippen LogP contribution is 2.14. The third kappa shape index (κ3) is 6.35. The van der Waals surface area contributed by atoms with Gasteiger partial charge in [-0.1, -0.05) is 64.0 Å². The number of benzene rings is 1. The molecule has 0 spiro atoms. The van der Waals surface area contributed by atoms with Crippen molar-refractivity contribution < 1.29 is 4.74 Å². The molecule has 1 heteroatoms. The van der Waals surface area contributed by atoms with Crippen LogP contribution in [0.4, 0.5) is 0 Å². The van der Waals surface area contributed by atoms with Crippen molar-refractivity contribution in [3.8, 4) is 18.3 Å². The Morgan fingerprint density at radius 1 is 0.944 bits per heavy atom. The average molecular weight is 244 g/mol. The van der Waals surface area contributed by atoms with Gasteiger partial charge in [0, 0.05) is 0 Å². The third-order valence-electron chi connectivity index (χ3n) is 3.17. The fourth-order valence-electron chi connectivity index (χ4n) is 2.08. The predicted octanol–water partition coefficient (Wildman–Crippen LogP) is 4.95. The summed E-state index contributed by atoms with van der Waals surface area (Å²) >= 11 is 0. The second kappa shape index (κ2) is 9.59. The number of hydrogen-bond acceptors (Lipinski definition) is 1. The van der Waals surface area contributed by atoms with E-state index in [1.807, 2.05) is 12.1 Å². The lowest BCUT2D eigenvalue weighted by Gasteiger charge is -2.03. The van der Waals surface area contributed by atoms with Gasteiger partial charge in [-0.05, 0) is 30.5 Å². The first-order chi connectivity index (χ1) is 8.86. The largest absolute Gasteiger partial charge is 0.408 e. The lowest BCUT2D eigenvalue weighted by atomic mass is 10.0. The van der Waals surface area contributed by atoms with Crippen LogP contribution in [0.3, 0.4) is 0 Å². The van der Waals surface area contributed by atoms with E-state index in [4.69, 9.17) is 11.2 Å². The van der Waals surface area contributed by atoms with Gasteiger partial charge in [0.25, 0.3) is 0 Å². The normalized spacial score (nSPS) is 10.0. The summed E-state index contributed by atoms with van der Waals surface area (Å²) < 4.78 is 4.97. The van der Waals surface area contributed by atoms with E-state index < -0.39 is 0 Å². The maximum Gasteiger partial charge on any atom is 0.140 e. The monoisotopic (exact) mass is 244 g/mol. The molecule has 1 rings (SSSR count). The van der Waals surface area contributed by atoms with Crippen molar-refractivity contribution >= 4 is 0 Å². The van der Waals surface area contributed by atoms with Crippen molar-refractivity contribution in [3.05, 3.63) is 29.8 Å². The molecule has 0 aliphatic heterocycles. The Morgan fingerprint density at radius 2 is 1.56 bits per heavy atom. The number of ether oxygens (including phenoxy) is 1. The van der Waals surface area contributed by atoms with Crippen LogP contribution in [-0.2, 0) is 6.42 Å². The van der Waals surface area contributed by atoms with Crippen LogP contribution in [-0.4, -0.2) is 0 Å². The molecule has 1 aromatic carbocycles.